The van der Waals surface area contributed by atoms with Crippen molar-refractivity contribution >= 4 is 5.69 Å². The molecule has 4 nitrogen and oxygen atoms in total. The minimum Gasteiger partial charge on any atom is -0.497 e. The van der Waals surface area contributed by atoms with E-state index in [2.05, 4.69) is 23.1 Å². The highest BCUT2D eigenvalue weighted by molar-refractivity contribution is 5.57. The first-order valence-corrected chi connectivity index (χ1v) is 8.16. The summed E-state index contributed by atoms with van der Waals surface area (Å²) in [5, 5.41) is 9.25. The number of hydrogen-bond acceptors (Lipinski definition) is 4. The molecule has 0 saturated carbocycles. The lowest BCUT2D eigenvalue weighted by molar-refractivity contribution is 0.388. The molecule has 0 aliphatic carbocycles. The van der Waals surface area contributed by atoms with Crippen molar-refractivity contribution in [3.63, 3.8) is 0 Å². The number of nitrogens with zero attached hydrogens (tertiary/aromatic N) is 2. The van der Waals surface area contributed by atoms with E-state index in [-0.39, 0.29) is 6.04 Å². The number of aryl methyl sites for hydroxylation is 1. The highest BCUT2D eigenvalue weighted by Gasteiger charge is 2.29. The zero-order chi connectivity index (χ0) is 17.1. The molecule has 0 N–H and O–H groups in total. The summed E-state index contributed by atoms with van der Waals surface area (Å²) in [5.74, 6) is 1.64. The Morgan fingerprint density at radius 2 is 1.96 bits per heavy atom. The summed E-state index contributed by atoms with van der Waals surface area (Å²) in [6.45, 7) is 3.01. The third-order valence-corrected chi connectivity index (χ3v) is 4.58. The molecule has 1 aliphatic rings. The highest BCUT2D eigenvalue weighted by Crippen LogP contribution is 2.41. The SMILES string of the molecule is COc1ccc(C2CCCN2c2cc(C)cc(C#N)c2)c(OC)c1. The van der Waals surface area contributed by atoms with Crippen LogP contribution in [0.3, 0.4) is 0 Å². The normalized spacial score (nSPS) is 16.8. The Balaban J connectivity index is 2.00. The summed E-state index contributed by atoms with van der Waals surface area (Å²) in [6.07, 6.45) is 2.19. The van der Waals surface area contributed by atoms with Gasteiger partial charge in [-0.25, -0.2) is 0 Å². The first kappa shape index (κ1) is 16.2. The Hall–Kier alpha value is -2.67. The quantitative estimate of drug-likeness (QED) is 0.845. The van der Waals surface area contributed by atoms with E-state index >= 15 is 0 Å². The summed E-state index contributed by atoms with van der Waals surface area (Å²) in [4.78, 5) is 2.37. The predicted molar refractivity (Wildman–Crippen MR) is 94.8 cm³/mol. The van der Waals surface area contributed by atoms with Crippen molar-refractivity contribution in [3.8, 4) is 17.6 Å². The second kappa shape index (κ2) is 6.84. The van der Waals surface area contributed by atoms with E-state index in [9.17, 15) is 5.26 Å². The largest absolute Gasteiger partial charge is 0.497 e. The van der Waals surface area contributed by atoms with Gasteiger partial charge in [-0.2, -0.15) is 5.26 Å². The molecule has 4 heteroatoms. The molecule has 1 unspecified atom stereocenters. The molecule has 0 aromatic heterocycles. The molecular weight excluding hydrogens is 300 g/mol. The van der Waals surface area contributed by atoms with Gasteiger partial charge < -0.3 is 14.4 Å². The Labute approximate surface area is 143 Å². The molecule has 1 heterocycles. The molecule has 124 valence electrons. The molecule has 2 aromatic rings. The van der Waals surface area contributed by atoms with E-state index in [0.717, 1.165) is 47.7 Å². The van der Waals surface area contributed by atoms with Gasteiger partial charge in [-0.05, 0) is 55.7 Å². The fourth-order valence-electron chi connectivity index (χ4n) is 3.49. The van der Waals surface area contributed by atoms with E-state index < -0.39 is 0 Å². The summed E-state index contributed by atoms with van der Waals surface area (Å²) >= 11 is 0. The molecule has 0 radical (unpaired) electrons. The van der Waals surface area contributed by atoms with E-state index in [1.807, 2.05) is 31.2 Å². The number of anilines is 1. The molecule has 0 spiro atoms. The standard InChI is InChI=1S/C20H22N2O2/c1-14-9-15(13-21)11-16(10-14)22-8-4-5-19(22)18-7-6-17(23-2)12-20(18)24-3/h6-7,9-12,19H,4-5,8H2,1-3H3. The fraction of sp³-hybridized carbons (Fsp3) is 0.350. The summed E-state index contributed by atoms with van der Waals surface area (Å²) < 4.78 is 10.9. The summed E-state index contributed by atoms with van der Waals surface area (Å²) in [7, 11) is 3.35. The molecule has 24 heavy (non-hydrogen) atoms. The van der Waals surface area contributed by atoms with Crippen LogP contribution in [0.15, 0.2) is 36.4 Å². The van der Waals surface area contributed by atoms with Crippen molar-refractivity contribution in [2.24, 2.45) is 0 Å². The van der Waals surface area contributed by atoms with Crippen molar-refractivity contribution in [3.05, 3.63) is 53.1 Å². The second-order valence-electron chi connectivity index (χ2n) is 6.13. The van der Waals surface area contributed by atoms with Crippen LogP contribution in [-0.2, 0) is 0 Å². The van der Waals surface area contributed by atoms with Crippen molar-refractivity contribution in [1.82, 2.24) is 0 Å². The smallest absolute Gasteiger partial charge is 0.127 e. The molecule has 0 amide bonds. The molecule has 2 aromatic carbocycles. The summed E-state index contributed by atoms with van der Waals surface area (Å²) in [6, 6.07) is 14.5. The number of hydrogen-bond donors (Lipinski definition) is 0. The fourth-order valence-corrected chi connectivity index (χ4v) is 3.49. The van der Waals surface area contributed by atoms with Gasteiger partial charge in [0.05, 0.1) is 31.9 Å². The van der Waals surface area contributed by atoms with Crippen LogP contribution in [0.1, 0.15) is 35.6 Å². The lowest BCUT2D eigenvalue weighted by atomic mass is 10.0. The third-order valence-electron chi connectivity index (χ3n) is 4.58. The van der Waals surface area contributed by atoms with E-state index in [4.69, 9.17) is 9.47 Å². The van der Waals surface area contributed by atoms with Gasteiger partial charge >= 0.3 is 0 Å². The third kappa shape index (κ3) is 3.03. The van der Waals surface area contributed by atoms with Gasteiger partial charge in [-0.1, -0.05) is 0 Å². The lowest BCUT2D eigenvalue weighted by Crippen LogP contribution is -2.23. The Bertz CT molecular complexity index is 780. The van der Waals surface area contributed by atoms with Crippen LogP contribution in [0, 0.1) is 18.3 Å². The zero-order valence-electron chi connectivity index (χ0n) is 14.4. The average Bonchev–Trinajstić information content (AvgIpc) is 3.10. The van der Waals surface area contributed by atoms with Gasteiger partial charge in [-0.3, -0.25) is 0 Å². The van der Waals surface area contributed by atoms with Crippen LogP contribution < -0.4 is 14.4 Å². The Morgan fingerprint density at radius 3 is 2.67 bits per heavy atom. The van der Waals surface area contributed by atoms with Gasteiger partial charge in [0, 0.05) is 23.9 Å². The predicted octanol–water partition coefficient (Wildman–Crippen LogP) is 4.23. The van der Waals surface area contributed by atoms with Crippen LogP contribution in [0.2, 0.25) is 0 Å². The molecule has 1 fully saturated rings. The average molecular weight is 322 g/mol. The number of methoxy groups -OCH3 is 2. The Morgan fingerprint density at radius 1 is 1.12 bits per heavy atom. The molecular formula is C20H22N2O2. The van der Waals surface area contributed by atoms with Crippen LogP contribution in [0.4, 0.5) is 5.69 Å². The van der Waals surface area contributed by atoms with Crippen molar-refractivity contribution in [1.29, 1.82) is 5.26 Å². The zero-order valence-corrected chi connectivity index (χ0v) is 14.4. The second-order valence-corrected chi connectivity index (χ2v) is 6.13. The monoisotopic (exact) mass is 322 g/mol. The molecule has 0 bridgehead atoms. The van der Waals surface area contributed by atoms with Crippen LogP contribution in [0.25, 0.3) is 0 Å². The van der Waals surface area contributed by atoms with Gasteiger partial charge in [0.2, 0.25) is 0 Å². The molecule has 3 rings (SSSR count). The number of benzene rings is 2. The van der Waals surface area contributed by atoms with Gasteiger partial charge in [-0.15, -0.1) is 0 Å². The van der Waals surface area contributed by atoms with Gasteiger partial charge in [0.25, 0.3) is 0 Å². The first-order valence-electron chi connectivity index (χ1n) is 8.16. The summed E-state index contributed by atoms with van der Waals surface area (Å²) in [5.41, 5.74) is 4.08. The number of nitriles is 1. The lowest BCUT2D eigenvalue weighted by Gasteiger charge is -2.29. The minimum absolute atomic E-state index is 0.249. The molecule has 1 aliphatic heterocycles. The maximum atomic E-state index is 9.25. The van der Waals surface area contributed by atoms with Crippen molar-refractivity contribution in [2.45, 2.75) is 25.8 Å². The minimum atomic E-state index is 0.249. The van der Waals surface area contributed by atoms with Gasteiger partial charge in [0.1, 0.15) is 11.5 Å². The van der Waals surface area contributed by atoms with Gasteiger partial charge in [0.15, 0.2) is 0 Å². The first-order chi connectivity index (χ1) is 11.7. The highest BCUT2D eigenvalue weighted by atomic mass is 16.5. The number of ether oxygens (including phenoxy) is 2. The van der Waals surface area contributed by atoms with E-state index in [0.29, 0.717) is 5.56 Å². The maximum absolute atomic E-state index is 9.25. The maximum Gasteiger partial charge on any atom is 0.127 e. The molecule has 1 saturated heterocycles. The topological polar surface area (TPSA) is 45.5 Å². The molecule has 1 atom stereocenters. The van der Waals surface area contributed by atoms with E-state index in [1.54, 1.807) is 14.2 Å². The van der Waals surface area contributed by atoms with Crippen LogP contribution in [0.5, 0.6) is 11.5 Å². The van der Waals surface area contributed by atoms with E-state index in [1.165, 1.54) is 0 Å². The number of rotatable bonds is 4. The van der Waals surface area contributed by atoms with Crippen molar-refractivity contribution in [2.75, 3.05) is 25.7 Å². The van der Waals surface area contributed by atoms with Crippen molar-refractivity contribution < 1.29 is 9.47 Å². The van der Waals surface area contributed by atoms with Crippen LogP contribution in [-0.4, -0.2) is 20.8 Å². The Kier molecular flexibility index (Phi) is 4.61. The van der Waals surface area contributed by atoms with Crippen LogP contribution >= 0.6 is 0 Å².